The molecule has 0 heterocycles. The molecule has 0 aliphatic heterocycles. The molecule has 0 bridgehead atoms. The molecule has 8 N–H and O–H groups in total. The molecule has 0 saturated heterocycles. The smallest absolute Gasteiger partial charge is 0.146 e. The van der Waals surface area contributed by atoms with Gasteiger partial charge in [0.05, 0.1) is 19.8 Å². The second kappa shape index (κ2) is 10.5. The van der Waals surface area contributed by atoms with Gasteiger partial charge >= 0.3 is 0 Å². The van der Waals surface area contributed by atoms with Gasteiger partial charge in [-0.3, -0.25) is 0 Å². The lowest BCUT2D eigenvalue weighted by Crippen LogP contribution is -2.73. The standard InChI is InChI=1S/C14H32NO8/c1-2-14(9-19,10-20)15(3-11(21)6-16,4-12(22)7-17)5-13(23)8-18/h11-13,16-23H,2-10H2,1H3/q+1. The van der Waals surface area contributed by atoms with Gasteiger partial charge in [-0.25, -0.2) is 0 Å². The Morgan fingerprint density at radius 3 is 1.17 bits per heavy atom. The van der Waals surface area contributed by atoms with E-state index in [9.17, 15) is 25.5 Å². The highest BCUT2D eigenvalue weighted by Gasteiger charge is 2.51. The molecule has 0 aromatic heterocycles. The number of rotatable bonds is 13. The lowest BCUT2D eigenvalue weighted by atomic mass is 9.89. The minimum absolute atomic E-state index is 0.181. The van der Waals surface area contributed by atoms with Gasteiger partial charge in [0.1, 0.15) is 56.7 Å². The largest absolute Gasteiger partial charge is 0.393 e. The van der Waals surface area contributed by atoms with Crippen molar-refractivity contribution in [3.8, 4) is 0 Å². The summed E-state index contributed by atoms with van der Waals surface area (Å²) in [4.78, 5) is 0. The lowest BCUT2D eigenvalue weighted by molar-refractivity contribution is -0.984. The molecule has 3 atom stereocenters. The third-order valence-corrected chi connectivity index (χ3v) is 4.57. The molecule has 0 amide bonds. The summed E-state index contributed by atoms with van der Waals surface area (Å²) in [7, 11) is 0. The summed E-state index contributed by atoms with van der Waals surface area (Å²) >= 11 is 0. The summed E-state index contributed by atoms with van der Waals surface area (Å²) in [6.45, 7) is -1.60. The highest BCUT2D eigenvalue weighted by atomic mass is 16.3. The number of aliphatic hydroxyl groups excluding tert-OH is 8. The van der Waals surface area contributed by atoms with Crippen molar-refractivity contribution < 1.29 is 45.3 Å². The van der Waals surface area contributed by atoms with E-state index in [0.717, 1.165) is 0 Å². The highest BCUT2D eigenvalue weighted by Crippen LogP contribution is 2.30. The Bertz CT molecular complexity index is 274. The van der Waals surface area contributed by atoms with E-state index in [2.05, 4.69) is 0 Å². The van der Waals surface area contributed by atoms with E-state index in [-0.39, 0.29) is 30.5 Å². The Labute approximate surface area is 136 Å². The van der Waals surface area contributed by atoms with Gasteiger partial charge in [0.25, 0.3) is 0 Å². The van der Waals surface area contributed by atoms with E-state index in [1.165, 1.54) is 0 Å². The van der Waals surface area contributed by atoms with Gasteiger partial charge in [0.15, 0.2) is 0 Å². The molecule has 23 heavy (non-hydrogen) atoms. The minimum atomic E-state index is -1.23. The van der Waals surface area contributed by atoms with Crippen LogP contribution in [0.25, 0.3) is 0 Å². The normalized spacial score (nSPS) is 19.2. The van der Waals surface area contributed by atoms with Crippen LogP contribution in [0.15, 0.2) is 0 Å². The number of nitrogens with zero attached hydrogens (tertiary/aromatic N) is 1. The Morgan fingerprint density at radius 1 is 0.696 bits per heavy atom. The third kappa shape index (κ3) is 5.59. The van der Waals surface area contributed by atoms with Crippen LogP contribution >= 0.6 is 0 Å². The van der Waals surface area contributed by atoms with Crippen LogP contribution in [0.3, 0.4) is 0 Å². The third-order valence-electron chi connectivity index (χ3n) is 4.57. The van der Waals surface area contributed by atoms with E-state index >= 15 is 0 Å². The summed E-state index contributed by atoms with van der Waals surface area (Å²) in [5.74, 6) is 0. The average Bonchev–Trinajstić information content (AvgIpc) is 2.56. The van der Waals surface area contributed by atoms with Crippen LogP contribution in [0.2, 0.25) is 0 Å². The Hall–Kier alpha value is -0.360. The van der Waals surface area contributed by atoms with E-state index in [1.54, 1.807) is 6.92 Å². The molecule has 0 spiro atoms. The fraction of sp³-hybridized carbons (Fsp3) is 1.00. The molecule has 0 fully saturated rings. The van der Waals surface area contributed by atoms with Crippen molar-refractivity contribution in [2.75, 3.05) is 52.7 Å². The SMILES string of the molecule is CCC(CO)(CO)[N+](CC(O)CO)(CC(O)CO)CC(O)CO. The molecule has 0 aromatic carbocycles. The maximum Gasteiger partial charge on any atom is 0.146 e. The second-order valence-electron chi connectivity index (χ2n) is 6.10. The van der Waals surface area contributed by atoms with Crippen LogP contribution in [0.5, 0.6) is 0 Å². The van der Waals surface area contributed by atoms with Gasteiger partial charge in [-0.1, -0.05) is 6.92 Å². The maximum atomic E-state index is 9.90. The van der Waals surface area contributed by atoms with Crippen molar-refractivity contribution in [1.29, 1.82) is 0 Å². The summed E-state index contributed by atoms with van der Waals surface area (Å²) in [5, 5.41) is 76.9. The van der Waals surface area contributed by atoms with Crippen molar-refractivity contribution in [2.24, 2.45) is 0 Å². The first-order valence-electron chi connectivity index (χ1n) is 7.75. The fourth-order valence-corrected chi connectivity index (χ4v) is 3.10. The number of quaternary nitrogens is 1. The summed E-state index contributed by atoms with van der Waals surface area (Å²) < 4.78 is -0.359. The molecule has 9 heteroatoms. The molecule has 0 saturated carbocycles. The van der Waals surface area contributed by atoms with Gasteiger partial charge in [0.2, 0.25) is 0 Å². The summed E-state index contributed by atoms with van der Waals surface area (Å²) in [5.41, 5.74) is -1.23. The van der Waals surface area contributed by atoms with Gasteiger partial charge in [-0.2, -0.15) is 0 Å². The number of hydrogen-bond donors (Lipinski definition) is 8. The zero-order valence-electron chi connectivity index (χ0n) is 13.6. The molecule has 0 aromatic rings. The van der Waals surface area contributed by atoms with Gasteiger partial charge in [0, 0.05) is 6.42 Å². The van der Waals surface area contributed by atoms with Crippen LogP contribution in [-0.4, -0.2) is 122 Å². The molecule has 140 valence electrons. The van der Waals surface area contributed by atoms with E-state index < -0.39 is 56.9 Å². The van der Waals surface area contributed by atoms with Crippen LogP contribution in [0.4, 0.5) is 0 Å². The molecule has 9 nitrogen and oxygen atoms in total. The van der Waals surface area contributed by atoms with E-state index in [0.29, 0.717) is 0 Å². The lowest BCUT2D eigenvalue weighted by Gasteiger charge is -2.53. The van der Waals surface area contributed by atoms with Crippen molar-refractivity contribution in [3.05, 3.63) is 0 Å². The van der Waals surface area contributed by atoms with Crippen molar-refractivity contribution >= 4 is 0 Å². The van der Waals surface area contributed by atoms with Gasteiger partial charge in [-0.05, 0) is 0 Å². The Kier molecular flexibility index (Phi) is 10.3. The zero-order valence-corrected chi connectivity index (χ0v) is 13.6. The number of aliphatic hydroxyl groups is 8. The predicted octanol–water partition coefficient (Wildman–Crippen LogP) is -4.00. The number of hydrogen-bond acceptors (Lipinski definition) is 8. The maximum absolute atomic E-state index is 9.90. The van der Waals surface area contributed by atoms with Crippen LogP contribution in [0.1, 0.15) is 13.3 Å². The predicted molar refractivity (Wildman–Crippen MR) is 81.3 cm³/mol. The van der Waals surface area contributed by atoms with Crippen molar-refractivity contribution in [2.45, 2.75) is 37.2 Å². The molecule has 3 unspecified atom stereocenters. The zero-order chi connectivity index (χ0) is 18.1. The average molecular weight is 342 g/mol. The monoisotopic (exact) mass is 342 g/mol. The first kappa shape index (κ1) is 22.6. The Balaban J connectivity index is 5.96. The summed E-state index contributed by atoms with van der Waals surface area (Å²) in [6.07, 6.45) is -3.43. The van der Waals surface area contributed by atoms with Crippen LogP contribution < -0.4 is 0 Å². The molecule has 0 aliphatic rings. The van der Waals surface area contributed by atoms with Gasteiger partial charge < -0.3 is 45.3 Å². The first-order valence-corrected chi connectivity index (χ1v) is 7.75. The topological polar surface area (TPSA) is 162 Å². The van der Waals surface area contributed by atoms with E-state index in [4.69, 9.17) is 15.3 Å². The molecular formula is C14H32NO8+. The van der Waals surface area contributed by atoms with Crippen LogP contribution in [0, 0.1) is 0 Å². The van der Waals surface area contributed by atoms with Crippen LogP contribution in [-0.2, 0) is 0 Å². The van der Waals surface area contributed by atoms with Crippen molar-refractivity contribution in [1.82, 2.24) is 0 Å². The molecule has 0 rings (SSSR count). The first-order chi connectivity index (χ1) is 10.8. The molecule has 0 aliphatic carbocycles. The highest BCUT2D eigenvalue weighted by molar-refractivity contribution is 4.83. The minimum Gasteiger partial charge on any atom is -0.393 e. The summed E-state index contributed by atoms with van der Waals surface area (Å²) in [6, 6.07) is 0. The molecular weight excluding hydrogens is 310 g/mol. The fourth-order valence-electron chi connectivity index (χ4n) is 3.10. The van der Waals surface area contributed by atoms with Gasteiger partial charge in [-0.15, -0.1) is 0 Å². The molecule has 0 radical (unpaired) electrons. The second-order valence-corrected chi connectivity index (χ2v) is 6.10. The quantitative estimate of drug-likeness (QED) is 0.157. The van der Waals surface area contributed by atoms with E-state index in [1.807, 2.05) is 0 Å². The Morgan fingerprint density at radius 2 is 1.00 bits per heavy atom. The van der Waals surface area contributed by atoms with Crippen molar-refractivity contribution in [3.63, 3.8) is 0 Å².